The van der Waals surface area contributed by atoms with E-state index >= 15 is 0 Å². The van der Waals surface area contributed by atoms with Gasteiger partial charge in [0, 0.05) is 13.1 Å². The summed E-state index contributed by atoms with van der Waals surface area (Å²) in [5.74, 6) is -0.0753. The molecule has 0 saturated carbocycles. The molecule has 2 aromatic rings. The summed E-state index contributed by atoms with van der Waals surface area (Å²) in [6.45, 7) is 7.86. The molecule has 36 heavy (non-hydrogen) atoms. The largest absolute Gasteiger partial charge is 0.497 e. The van der Waals surface area contributed by atoms with Crippen molar-refractivity contribution < 1.29 is 22.7 Å². The zero-order valence-corrected chi connectivity index (χ0v) is 23.0. The predicted octanol–water partition coefficient (Wildman–Crippen LogP) is 3.80. The van der Waals surface area contributed by atoms with E-state index in [9.17, 15) is 18.0 Å². The highest BCUT2D eigenvalue weighted by molar-refractivity contribution is 7.92. The number of amides is 2. The van der Waals surface area contributed by atoms with Crippen LogP contribution in [0.3, 0.4) is 0 Å². The van der Waals surface area contributed by atoms with Gasteiger partial charge in [-0.15, -0.1) is 0 Å². The molecular formula is C27H39N3O5S. The lowest BCUT2D eigenvalue weighted by Gasteiger charge is -2.33. The van der Waals surface area contributed by atoms with E-state index in [0.29, 0.717) is 24.4 Å². The maximum atomic E-state index is 13.8. The van der Waals surface area contributed by atoms with E-state index in [1.807, 2.05) is 52.0 Å². The van der Waals surface area contributed by atoms with Gasteiger partial charge in [-0.05, 0) is 56.0 Å². The normalized spacial score (nSPS) is 12.1. The van der Waals surface area contributed by atoms with E-state index < -0.39 is 28.5 Å². The lowest BCUT2D eigenvalue weighted by atomic mass is 10.1. The average Bonchev–Trinajstić information content (AvgIpc) is 2.82. The quantitative estimate of drug-likeness (QED) is 0.408. The number of nitrogens with one attached hydrogen (secondary N) is 1. The van der Waals surface area contributed by atoms with Crippen molar-refractivity contribution in [3.63, 3.8) is 0 Å². The Kier molecular flexibility index (Phi) is 10.8. The van der Waals surface area contributed by atoms with Crippen LogP contribution in [-0.4, -0.2) is 57.6 Å². The van der Waals surface area contributed by atoms with Crippen LogP contribution in [0.1, 0.15) is 49.8 Å². The number of anilines is 1. The van der Waals surface area contributed by atoms with Crippen LogP contribution in [-0.2, 0) is 26.2 Å². The van der Waals surface area contributed by atoms with Crippen molar-refractivity contribution in [2.45, 2.75) is 59.5 Å². The monoisotopic (exact) mass is 517 g/mol. The Bertz CT molecular complexity index is 1150. The van der Waals surface area contributed by atoms with Gasteiger partial charge in [0.1, 0.15) is 18.3 Å². The predicted molar refractivity (Wildman–Crippen MR) is 144 cm³/mol. The number of nitrogens with zero attached hydrogens (tertiary/aromatic N) is 2. The van der Waals surface area contributed by atoms with Gasteiger partial charge in [-0.3, -0.25) is 13.9 Å². The highest BCUT2D eigenvalue weighted by Gasteiger charge is 2.32. The summed E-state index contributed by atoms with van der Waals surface area (Å²) in [6, 6.07) is 11.9. The lowest BCUT2D eigenvalue weighted by molar-refractivity contribution is -0.140. The first-order chi connectivity index (χ1) is 17.0. The smallest absolute Gasteiger partial charge is 0.244 e. The number of benzene rings is 2. The second kappa shape index (κ2) is 13.3. The fraction of sp³-hybridized carbons (Fsp3) is 0.481. The molecule has 9 heteroatoms. The summed E-state index contributed by atoms with van der Waals surface area (Å²) in [5.41, 5.74) is 2.96. The minimum Gasteiger partial charge on any atom is -0.497 e. The summed E-state index contributed by atoms with van der Waals surface area (Å²) >= 11 is 0. The molecule has 8 nitrogen and oxygen atoms in total. The molecule has 2 amide bonds. The van der Waals surface area contributed by atoms with E-state index in [2.05, 4.69) is 5.32 Å². The maximum Gasteiger partial charge on any atom is 0.244 e. The molecule has 0 aliphatic rings. The third kappa shape index (κ3) is 7.98. The van der Waals surface area contributed by atoms with Crippen LogP contribution in [0.2, 0.25) is 0 Å². The van der Waals surface area contributed by atoms with Gasteiger partial charge in [-0.2, -0.15) is 0 Å². The van der Waals surface area contributed by atoms with Crippen LogP contribution >= 0.6 is 0 Å². The fourth-order valence-electron chi connectivity index (χ4n) is 4.07. The molecule has 0 unspecified atom stereocenters. The van der Waals surface area contributed by atoms with Crippen molar-refractivity contribution in [2.24, 2.45) is 0 Å². The van der Waals surface area contributed by atoms with Crippen LogP contribution in [0.15, 0.2) is 42.5 Å². The van der Waals surface area contributed by atoms with Gasteiger partial charge in [0.25, 0.3) is 0 Å². The zero-order chi connectivity index (χ0) is 26.9. The first-order valence-electron chi connectivity index (χ1n) is 12.3. The van der Waals surface area contributed by atoms with Crippen molar-refractivity contribution in [1.29, 1.82) is 0 Å². The molecule has 0 radical (unpaired) electrons. The first-order valence-corrected chi connectivity index (χ1v) is 14.1. The van der Waals surface area contributed by atoms with Gasteiger partial charge in [0.05, 0.1) is 19.1 Å². The van der Waals surface area contributed by atoms with Crippen molar-refractivity contribution in [3.05, 3.63) is 59.2 Å². The van der Waals surface area contributed by atoms with Gasteiger partial charge in [0.15, 0.2) is 0 Å². The van der Waals surface area contributed by atoms with Crippen molar-refractivity contribution >= 4 is 27.5 Å². The second-order valence-electron chi connectivity index (χ2n) is 9.00. The van der Waals surface area contributed by atoms with E-state index in [1.165, 1.54) is 4.90 Å². The van der Waals surface area contributed by atoms with Crippen molar-refractivity contribution in [2.75, 3.05) is 30.8 Å². The van der Waals surface area contributed by atoms with Gasteiger partial charge in [-0.25, -0.2) is 8.42 Å². The summed E-state index contributed by atoms with van der Waals surface area (Å²) in [4.78, 5) is 28.3. The number of rotatable bonds is 13. The van der Waals surface area contributed by atoms with Gasteiger partial charge >= 0.3 is 0 Å². The molecule has 0 aliphatic carbocycles. The summed E-state index contributed by atoms with van der Waals surface area (Å²) in [7, 11) is -2.21. The number of methoxy groups -OCH3 is 1. The van der Waals surface area contributed by atoms with Crippen molar-refractivity contribution in [1.82, 2.24) is 10.2 Å². The van der Waals surface area contributed by atoms with Crippen LogP contribution < -0.4 is 14.4 Å². The number of hydrogen-bond acceptors (Lipinski definition) is 5. The van der Waals surface area contributed by atoms with E-state index in [1.54, 1.807) is 25.3 Å². The molecule has 2 rings (SSSR count). The van der Waals surface area contributed by atoms with Crippen molar-refractivity contribution in [3.8, 4) is 5.75 Å². The van der Waals surface area contributed by atoms with E-state index in [4.69, 9.17) is 4.74 Å². The first kappa shape index (κ1) is 29.2. The zero-order valence-electron chi connectivity index (χ0n) is 22.2. The van der Waals surface area contributed by atoms with Crippen LogP contribution in [0, 0.1) is 13.8 Å². The summed E-state index contributed by atoms with van der Waals surface area (Å²) < 4.78 is 32.0. The standard InChI is InChI=1S/C27H39N3O5S/c1-7-9-15-28-27(32)24(8-2)29(18-22-11-10-12-23(17-22)35-5)26(31)19-30(36(6,33)34)25-14-13-20(3)16-21(25)4/h10-14,16-17,24H,7-9,15,18-19H2,1-6H3,(H,28,32)/t24-/m0/s1. The summed E-state index contributed by atoms with van der Waals surface area (Å²) in [5, 5.41) is 2.92. The number of sulfonamides is 1. The number of hydrogen-bond donors (Lipinski definition) is 1. The maximum absolute atomic E-state index is 13.8. The molecule has 0 fully saturated rings. The molecular weight excluding hydrogens is 478 g/mol. The highest BCUT2D eigenvalue weighted by Crippen LogP contribution is 2.25. The molecule has 1 atom stereocenters. The van der Waals surface area contributed by atoms with Gasteiger partial charge in [-0.1, -0.05) is 50.1 Å². The van der Waals surface area contributed by atoms with E-state index in [0.717, 1.165) is 40.1 Å². The third-order valence-corrected chi connectivity index (χ3v) is 7.13. The Labute approximate surface area is 215 Å². The lowest BCUT2D eigenvalue weighted by Crippen LogP contribution is -2.52. The van der Waals surface area contributed by atoms with Crippen LogP contribution in [0.4, 0.5) is 5.69 Å². The molecule has 198 valence electrons. The summed E-state index contributed by atoms with van der Waals surface area (Å²) in [6.07, 6.45) is 3.24. The number of carbonyl (C=O) groups excluding carboxylic acids is 2. The van der Waals surface area contributed by atoms with E-state index in [-0.39, 0.29) is 12.5 Å². The number of carbonyl (C=O) groups is 2. The van der Waals surface area contributed by atoms with Crippen LogP contribution in [0.5, 0.6) is 5.75 Å². The molecule has 0 bridgehead atoms. The Balaban J connectivity index is 2.45. The molecule has 0 heterocycles. The Morgan fingerprint density at radius 3 is 2.39 bits per heavy atom. The van der Waals surface area contributed by atoms with Gasteiger partial charge < -0.3 is 15.0 Å². The Hall–Kier alpha value is -3.07. The minimum atomic E-state index is -3.77. The number of ether oxygens (including phenoxy) is 1. The molecule has 1 N–H and O–H groups in total. The molecule has 2 aromatic carbocycles. The molecule has 0 aromatic heterocycles. The topological polar surface area (TPSA) is 96.0 Å². The SMILES string of the molecule is CCCCNC(=O)[C@H](CC)N(Cc1cccc(OC)c1)C(=O)CN(c1ccc(C)cc1C)S(C)(=O)=O. The van der Waals surface area contributed by atoms with Crippen LogP contribution in [0.25, 0.3) is 0 Å². The van der Waals surface area contributed by atoms with Gasteiger partial charge in [0.2, 0.25) is 21.8 Å². The minimum absolute atomic E-state index is 0.139. The number of unbranched alkanes of at least 4 members (excludes halogenated alkanes) is 1. The average molecular weight is 518 g/mol. The second-order valence-corrected chi connectivity index (χ2v) is 10.9. The Morgan fingerprint density at radius 1 is 1.08 bits per heavy atom. The molecule has 0 spiro atoms. The number of aryl methyl sites for hydroxylation is 2. The molecule has 0 saturated heterocycles. The highest BCUT2D eigenvalue weighted by atomic mass is 32.2. The third-order valence-electron chi connectivity index (χ3n) is 6.00. The Morgan fingerprint density at radius 2 is 1.81 bits per heavy atom. The molecule has 0 aliphatic heterocycles. The fourth-order valence-corrected chi connectivity index (χ4v) is 4.98.